The number of aliphatic hydroxyl groups excluding tert-OH is 3. The number of likely N-dealkylation sites (N-methyl/N-ethyl adjacent to an activating group) is 1. The van der Waals surface area contributed by atoms with Crippen LogP contribution in [0.2, 0.25) is 0 Å². The second kappa shape index (κ2) is 6.79. The predicted molar refractivity (Wildman–Crippen MR) is 66.1 cm³/mol. The van der Waals surface area contributed by atoms with Crippen LogP contribution in [-0.2, 0) is 9.47 Å². The van der Waals surface area contributed by atoms with Gasteiger partial charge >= 0.3 is 0 Å². The van der Waals surface area contributed by atoms with Crippen LogP contribution in [-0.4, -0.2) is 77.2 Å². The number of nitrogens with zero attached hydrogens (tertiary/aromatic N) is 1. The molecule has 1 heterocycles. The first-order valence-corrected chi connectivity index (χ1v) is 6.40. The van der Waals surface area contributed by atoms with Gasteiger partial charge in [0.25, 0.3) is 0 Å². The fourth-order valence-corrected chi connectivity index (χ4v) is 2.09. The van der Waals surface area contributed by atoms with Crippen LogP contribution in [0.15, 0.2) is 0 Å². The number of hydrogen-bond acceptors (Lipinski definition) is 6. The maximum atomic E-state index is 10.1. The molecule has 6 heteroatoms. The van der Waals surface area contributed by atoms with Crippen LogP contribution in [0.1, 0.15) is 20.8 Å². The summed E-state index contributed by atoms with van der Waals surface area (Å²) in [5.74, 6) is 0. The Morgan fingerprint density at radius 2 is 1.89 bits per heavy atom. The molecule has 108 valence electrons. The average molecular weight is 263 g/mol. The van der Waals surface area contributed by atoms with Crippen LogP contribution in [0, 0.1) is 0 Å². The first-order chi connectivity index (χ1) is 8.42. The third kappa shape index (κ3) is 3.40. The fraction of sp³-hybridized carbons (Fsp3) is 1.00. The summed E-state index contributed by atoms with van der Waals surface area (Å²) >= 11 is 0. The number of ether oxygens (including phenoxy) is 2. The topological polar surface area (TPSA) is 82.4 Å². The zero-order valence-electron chi connectivity index (χ0n) is 11.5. The molecule has 1 aliphatic heterocycles. The first-order valence-electron chi connectivity index (χ1n) is 6.40. The molecule has 0 aromatic heterocycles. The van der Waals surface area contributed by atoms with Gasteiger partial charge in [-0.3, -0.25) is 4.90 Å². The molecule has 1 saturated heterocycles. The van der Waals surface area contributed by atoms with Crippen LogP contribution in [0.3, 0.4) is 0 Å². The summed E-state index contributed by atoms with van der Waals surface area (Å²) < 4.78 is 11.2. The minimum Gasteiger partial charge on any atom is -0.394 e. The van der Waals surface area contributed by atoms with Crippen molar-refractivity contribution in [2.75, 3.05) is 20.2 Å². The highest BCUT2D eigenvalue weighted by Gasteiger charge is 2.46. The molecule has 5 unspecified atom stereocenters. The van der Waals surface area contributed by atoms with Crippen LogP contribution < -0.4 is 0 Å². The lowest BCUT2D eigenvalue weighted by Crippen LogP contribution is -2.63. The Labute approximate surface area is 108 Å². The summed E-state index contributed by atoms with van der Waals surface area (Å²) in [4.78, 5) is 1.78. The molecule has 6 nitrogen and oxygen atoms in total. The molecule has 0 radical (unpaired) electrons. The fourth-order valence-electron chi connectivity index (χ4n) is 2.09. The van der Waals surface area contributed by atoms with Gasteiger partial charge in [-0.2, -0.15) is 0 Å². The number of rotatable bonds is 5. The molecule has 0 saturated carbocycles. The van der Waals surface area contributed by atoms with Crippen molar-refractivity contribution >= 4 is 0 Å². The van der Waals surface area contributed by atoms with E-state index in [0.717, 1.165) is 0 Å². The van der Waals surface area contributed by atoms with Crippen molar-refractivity contribution in [1.29, 1.82) is 0 Å². The third-order valence-electron chi connectivity index (χ3n) is 3.20. The Bertz CT molecular complexity index is 249. The van der Waals surface area contributed by atoms with E-state index >= 15 is 0 Å². The SMILES string of the molecule is CCN(C)C1OC(CO)C(OC(C)C)C(O)C1O. The van der Waals surface area contributed by atoms with Gasteiger partial charge in [0.1, 0.15) is 30.6 Å². The van der Waals surface area contributed by atoms with E-state index in [1.807, 2.05) is 20.8 Å². The second-order valence-electron chi connectivity index (χ2n) is 4.95. The molecule has 3 N–H and O–H groups in total. The first kappa shape index (κ1) is 15.8. The zero-order chi connectivity index (χ0) is 13.9. The van der Waals surface area contributed by atoms with E-state index in [1.165, 1.54) is 0 Å². The molecule has 1 fully saturated rings. The third-order valence-corrected chi connectivity index (χ3v) is 3.20. The Morgan fingerprint density at radius 3 is 2.33 bits per heavy atom. The molecule has 1 rings (SSSR count). The molecule has 0 spiro atoms. The molecule has 0 amide bonds. The van der Waals surface area contributed by atoms with Gasteiger partial charge in [0.2, 0.25) is 0 Å². The Kier molecular flexibility index (Phi) is 5.97. The standard InChI is InChI=1S/C12H25NO5/c1-5-13(4)12-10(16)9(15)11(17-7(2)3)8(6-14)18-12/h7-12,14-16H,5-6H2,1-4H3. The van der Waals surface area contributed by atoms with E-state index in [1.54, 1.807) is 11.9 Å². The highest BCUT2D eigenvalue weighted by Crippen LogP contribution is 2.25. The maximum absolute atomic E-state index is 10.1. The molecule has 1 aliphatic rings. The Balaban J connectivity index is 2.80. The van der Waals surface area contributed by atoms with Crippen molar-refractivity contribution in [3.05, 3.63) is 0 Å². The lowest BCUT2D eigenvalue weighted by molar-refractivity contribution is -0.276. The van der Waals surface area contributed by atoms with E-state index in [-0.39, 0.29) is 12.7 Å². The quantitative estimate of drug-likeness (QED) is 0.601. The number of aliphatic hydroxyl groups is 3. The summed E-state index contributed by atoms with van der Waals surface area (Å²) in [6.07, 6.45) is -4.22. The van der Waals surface area contributed by atoms with Gasteiger partial charge in [0.05, 0.1) is 12.7 Å². The molecule has 18 heavy (non-hydrogen) atoms. The largest absolute Gasteiger partial charge is 0.394 e. The summed E-state index contributed by atoms with van der Waals surface area (Å²) in [6.45, 7) is 6.00. The monoisotopic (exact) mass is 263 g/mol. The molecule has 0 bridgehead atoms. The smallest absolute Gasteiger partial charge is 0.139 e. The van der Waals surface area contributed by atoms with Crippen LogP contribution in [0.4, 0.5) is 0 Å². The van der Waals surface area contributed by atoms with E-state index in [0.29, 0.717) is 6.54 Å². The van der Waals surface area contributed by atoms with Gasteiger partial charge in [0.15, 0.2) is 0 Å². The van der Waals surface area contributed by atoms with Gasteiger partial charge < -0.3 is 24.8 Å². The van der Waals surface area contributed by atoms with Crippen LogP contribution in [0.5, 0.6) is 0 Å². The predicted octanol–water partition coefficient (Wildman–Crippen LogP) is -0.829. The van der Waals surface area contributed by atoms with Gasteiger partial charge in [-0.25, -0.2) is 0 Å². The molecule has 0 aromatic rings. The highest BCUT2D eigenvalue weighted by atomic mass is 16.6. The molecule has 5 atom stereocenters. The lowest BCUT2D eigenvalue weighted by atomic mass is 9.97. The maximum Gasteiger partial charge on any atom is 0.139 e. The van der Waals surface area contributed by atoms with Gasteiger partial charge in [-0.15, -0.1) is 0 Å². The molecular weight excluding hydrogens is 238 g/mol. The Morgan fingerprint density at radius 1 is 1.28 bits per heavy atom. The summed E-state index contributed by atoms with van der Waals surface area (Å²) in [6, 6.07) is 0. The van der Waals surface area contributed by atoms with Gasteiger partial charge in [-0.1, -0.05) is 6.92 Å². The van der Waals surface area contributed by atoms with Crippen molar-refractivity contribution in [2.45, 2.75) is 57.5 Å². The molecule has 0 aromatic carbocycles. The Hall–Kier alpha value is -0.240. The van der Waals surface area contributed by atoms with Crippen LogP contribution >= 0.6 is 0 Å². The van der Waals surface area contributed by atoms with Crippen LogP contribution in [0.25, 0.3) is 0 Å². The zero-order valence-corrected chi connectivity index (χ0v) is 11.5. The van der Waals surface area contributed by atoms with Crippen molar-refractivity contribution < 1.29 is 24.8 Å². The van der Waals surface area contributed by atoms with E-state index < -0.39 is 30.6 Å². The van der Waals surface area contributed by atoms with E-state index in [9.17, 15) is 15.3 Å². The minimum absolute atomic E-state index is 0.116. The highest BCUT2D eigenvalue weighted by molar-refractivity contribution is 4.92. The van der Waals surface area contributed by atoms with E-state index in [4.69, 9.17) is 9.47 Å². The lowest BCUT2D eigenvalue weighted by Gasteiger charge is -2.45. The van der Waals surface area contributed by atoms with E-state index in [2.05, 4.69) is 0 Å². The van der Waals surface area contributed by atoms with Gasteiger partial charge in [-0.05, 0) is 27.4 Å². The van der Waals surface area contributed by atoms with Crippen molar-refractivity contribution in [1.82, 2.24) is 4.90 Å². The second-order valence-corrected chi connectivity index (χ2v) is 4.95. The molecular formula is C12H25NO5. The van der Waals surface area contributed by atoms with Crippen molar-refractivity contribution in [2.24, 2.45) is 0 Å². The van der Waals surface area contributed by atoms with Crippen molar-refractivity contribution in [3.63, 3.8) is 0 Å². The average Bonchev–Trinajstić information content (AvgIpc) is 2.34. The minimum atomic E-state index is -1.07. The van der Waals surface area contributed by atoms with Gasteiger partial charge in [0, 0.05) is 0 Å². The molecule has 0 aliphatic carbocycles. The summed E-state index contributed by atoms with van der Waals surface area (Å²) in [5, 5.41) is 29.5. The van der Waals surface area contributed by atoms with Crippen molar-refractivity contribution in [3.8, 4) is 0 Å². The summed E-state index contributed by atoms with van der Waals surface area (Å²) in [5.41, 5.74) is 0. The normalized spacial score (nSPS) is 37.5. The number of hydrogen-bond donors (Lipinski definition) is 3. The summed E-state index contributed by atoms with van der Waals surface area (Å²) in [7, 11) is 1.79.